The fraction of sp³-hybridized carbons (Fsp3) is 0.333. The molecule has 0 aromatic heterocycles. The van der Waals surface area contributed by atoms with Crippen molar-refractivity contribution >= 4 is 9.84 Å². The predicted molar refractivity (Wildman–Crippen MR) is 90.3 cm³/mol. The van der Waals surface area contributed by atoms with Crippen LogP contribution in [0.2, 0.25) is 0 Å². The van der Waals surface area contributed by atoms with Crippen molar-refractivity contribution in [2.45, 2.75) is 25.0 Å². The molecule has 1 N–H and O–H groups in total. The van der Waals surface area contributed by atoms with Crippen LogP contribution in [0, 0.1) is 0 Å². The maximum absolute atomic E-state index is 12.1. The van der Waals surface area contributed by atoms with E-state index in [1.54, 1.807) is 0 Å². The van der Waals surface area contributed by atoms with Gasteiger partial charge in [0.1, 0.15) is 0 Å². The first-order valence-electron chi connectivity index (χ1n) is 7.56. The van der Waals surface area contributed by atoms with E-state index in [-0.39, 0.29) is 18.1 Å². The van der Waals surface area contributed by atoms with Crippen molar-refractivity contribution in [1.29, 1.82) is 0 Å². The predicted octanol–water partition coefficient (Wildman–Crippen LogP) is 3.43. The second-order valence-electron chi connectivity index (χ2n) is 5.44. The summed E-state index contributed by atoms with van der Waals surface area (Å²) in [5.74, 6) is 0.272. The van der Waals surface area contributed by atoms with Crippen molar-refractivity contribution in [3.63, 3.8) is 0 Å². The summed E-state index contributed by atoms with van der Waals surface area (Å²) < 4.78 is 24.1. The molecule has 3 nitrogen and oxygen atoms in total. The summed E-state index contributed by atoms with van der Waals surface area (Å²) >= 11 is 0. The first-order valence-corrected chi connectivity index (χ1v) is 9.38. The number of unbranched alkanes of at least 4 members (excludes halogenated alkanes) is 2. The zero-order valence-corrected chi connectivity index (χ0v) is 13.4. The largest absolute Gasteiger partial charge is 0.396 e. The van der Waals surface area contributed by atoms with Gasteiger partial charge in [-0.25, -0.2) is 8.42 Å². The van der Waals surface area contributed by atoms with Gasteiger partial charge in [-0.15, -0.1) is 0 Å². The van der Waals surface area contributed by atoms with Crippen LogP contribution in [-0.4, -0.2) is 25.9 Å². The van der Waals surface area contributed by atoms with E-state index in [4.69, 9.17) is 5.11 Å². The minimum absolute atomic E-state index is 0.0845. The van der Waals surface area contributed by atoms with E-state index in [1.165, 1.54) is 0 Å². The van der Waals surface area contributed by atoms with Crippen LogP contribution in [0.1, 0.15) is 24.8 Å². The van der Waals surface area contributed by atoms with E-state index in [9.17, 15) is 8.42 Å². The van der Waals surface area contributed by atoms with Gasteiger partial charge in [-0.3, -0.25) is 0 Å². The minimum Gasteiger partial charge on any atom is -0.396 e. The van der Waals surface area contributed by atoms with E-state index in [1.807, 2.05) is 54.6 Å². The third-order valence-electron chi connectivity index (χ3n) is 3.56. The lowest BCUT2D eigenvalue weighted by Crippen LogP contribution is -2.09. The molecular formula is C18H22O3S. The zero-order chi connectivity index (χ0) is 15.8. The Bertz CT molecular complexity index is 661. The summed E-state index contributed by atoms with van der Waals surface area (Å²) in [4.78, 5) is 0. The number of aliphatic hydroxyl groups is 1. The first kappa shape index (κ1) is 16.7. The Balaban J connectivity index is 1.96. The normalized spacial score (nSPS) is 11.5. The first-order chi connectivity index (χ1) is 10.6. The maximum Gasteiger partial charge on any atom is 0.154 e. The van der Waals surface area contributed by atoms with E-state index < -0.39 is 9.84 Å². The van der Waals surface area contributed by atoms with Gasteiger partial charge in [0.25, 0.3) is 0 Å². The number of rotatable bonds is 8. The lowest BCUT2D eigenvalue weighted by atomic mass is 10.0. The van der Waals surface area contributed by atoms with Gasteiger partial charge in [0, 0.05) is 6.61 Å². The number of benzene rings is 2. The van der Waals surface area contributed by atoms with Crippen LogP contribution >= 0.6 is 0 Å². The van der Waals surface area contributed by atoms with Gasteiger partial charge < -0.3 is 5.11 Å². The van der Waals surface area contributed by atoms with Crippen LogP contribution in [-0.2, 0) is 15.6 Å². The molecule has 0 aliphatic carbocycles. The quantitative estimate of drug-likeness (QED) is 0.759. The second-order valence-corrected chi connectivity index (χ2v) is 7.62. The molecule has 2 aromatic carbocycles. The van der Waals surface area contributed by atoms with Crippen LogP contribution in [0.3, 0.4) is 0 Å². The standard InChI is InChI=1S/C18H22O3S/c19-13-5-2-6-14-22(20,21)15-16-9-11-18(12-10-16)17-7-3-1-4-8-17/h1,3-4,7-12,19H,2,5-6,13-15H2. The Kier molecular flexibility index (Phi) is 6.16. The Morgan fingerprint density at radius 3 is 2.05 bits per heavy atom. The minimum atomic E-state index is -3.07. The molecule has 0 fully saturated rings. The second kappa shape index (κ2) is 8.11. The van der Waals surface area contributed by atoms with E-state index >= 15 is 0 Å². The highest BCUT2D eigenvalue weighted by atomic mass is 32.2. The molecule has 0 saturated heterocycles. The van der Waals surface area contributed by atoms with Crippen LogP contribution in [0.25, 0.3) is 11.1 Å². The molecule has 0 spiro atoms. The average molecular weight is 318 g/mol. The molecule has 0 unspecified atom stereocenters. The van der Waals surface area contributed by atoms with Gasteiger partial charge in [0.15, 0.2) is 9.84 Å². The van der Waals surface area contributed by atoms with Crippen molar-refractivity contribution in [2.75, 3.05) is 12.4 Å². The fourth-order valence-electron chi connectivity index (χ4n) is 2.36. The van der Waals surface area contributed by atoms with Crippen LogP contribution < -0.4 is 0 Å². The molecular weight excluding hydrogens is 296 g/mol. The lowest BCUT2D eigenvalue weighted by Gasteiger charge is -2.06. The van der Waals surface area contributed by atoms with Crippen molar-refractivity contribution in [1.82, 2.24) is 0 Å². The molecule has 0 bridgehead atoms. The molecule has 0 aliphatic rings. The van der Waals surface area contributed by atoms with Gasteiger partial charge in [-0.05, 0) is 29.5 Å². The molecule has 0 saturated carbocycles. The summed E-state index contributed by atoms with van der Waals surface area (Å²) in [7, 11) is -3.07. The topological polar surface area (TPSA) is 54.4 Å². The van der Waals surface area contributed by atoms with Crippen molar-refractivity contribution in [3.8, 4) is 11.1 Å². The molecule has 2 aromatic rings. The van der Waals surface area contributed by atoms with Crippen LogP contribution in [0.15, 0.2) is 54.6 Å². The van der Waals surface area contributed by atoms with Gasteiger partial charge >= 0.3 is 0 Å². The van der Waals surface area contributed by atoms with Crippen LogP contribution in [0.4, 0.5) is 0 Å². The van der Waals surface area contributed by atoms with Gasteiger partial charge in [0.05, 0.1) is 11.5 Å². The van der Waals surface area contributed by atoms with Crippen LogP contribution in [0.5, 0.6) is 0 Å². The third-order valence-corrected chi connectivity index (χ3v) is 5.24. The summed E-state index contributed by atoms with van der Waals surface area (Å²) in [6.07, 6.45) is 2.04. The molecule has 4 heteroatoms. The number of hydrogen-bond donors (Lipinski definition) is 1. The monoisotopic (exact) mass is 318 g/mol. The average Bonchev–Trinajstić information content (AvgIpc) is 2.53. The SMILES string of the molecule is O=S(=O)(CCCCCO)Cc1ccc(-c2ccccc2)cc1. The highest BCUT2D eigenvalue weighted by Crippen LogP contribution is 2.20. The third kappa shape index (κ3) is 5.28. The number of aliphatic hydroxyl groups excluding tert-OH is 1. The molecule has 0 aliphatic heterocycles. The lowest BCUT2D eigenvalue weighted by molar-refractivity contribution is 0.284. The molecule has 2 rings (SSSR count). The molecule has 22 heavy (non-hydrogen) atoms. The van der Waals surface area contributed by atoms with Crippen molar-refractivity contribution < 1.29 is 13.5 Å². The molecule has 0 atom stereocenters. The zero-order valence-electron chi connectivity index (χ0n) is 12.6. The molecule has 0 amide bonds. The van der Waals surface area contributed by atoms with E-state index in [0.29, 0.717) is 12.8 Å². The Labute approximate surface area is 132 Å². The Hall–Kier alpha value is -1.65. The Morgan fingerprint density at radius 2 is 1.41 bits per heavy atom. The van der Waals surface area contributed by atoms with Crippen molar-refractivity contribution in [2.24, 2.45) is 0 Å². The molecule has 0 heterocycles. The highest BCUT2D eigenvalue weighted by Gasteiger charge is 2.11. The maximum atomic E-state index is 12.1. The summed E-state index contributed by atoms with van der Waals surface area (Å²) in [5.41, 5.74) is 3.03. The number of hydrogen-bond acceptors (Lipinski definition) is 3. The smallest absolute Gasteiger partial charge is 0.154 e. The van der Waals surface area contributed by atoms with Crippen molar-refractivity contribution in [3.05, 3.63) is 60.2 Å². The molecule has 0 radical (unpaired) electrons. The van der Waals surface area contributed by atoms with E-state index in [2.05, 4.69) is 0 Å². The van der Waals surface area contributed by atoms with E-state index in [0.717, 1.165) is 23.1 Å². The fourth-order valence-corrected chi connectivity index (χ4v) is 3.85. The van der Waals surface area contributed by atoms with Gasteiger partial charge in [-0.1, -0.05) is 61.0 Å². The Morgan fingerprint density at radius 1 is 0.773 bits per heavy atom. The van der Waals surface area contributed by atoms with Gasteiger partial charge in [-0.2, -0.15) is 0 Å². The summed E-state index contributed by atoms with van der Waals surface area (Å²) in [6, 6.07) is 17.7. The van der Waals surface area contributed by atoms with Gasteiger partial charge in [0.2, 0.25) is 0 Å². The highest BCUT2D eigenvalue weighted by molar-refractivity contribution is 7.90. The number of sulfone groups is 1. The summed E-state index contributed by atoms with van der Waals surface area (Å²) in [6.45, 7) is 0.126. The summed E-state index contributed by atoms with van der Waals surface area (Å²) in [5, 5.41) is 8.70. The molecule has 118 valence electrons.